The molecule has 0 bridgehead atoms. The molecule has 0 fully saturated rings. The topological polar surface area (TPSA) is 43.1 Å². The van der Waals surface area contributed by atoms with Crippen LogP contribution in [0.2, 0.25) is 0 Å². The van der Waals surface area contributed by atoms with Gasteiger partial charge in [0.15, 0.2) is 0 Å². The summed E-state index contributed by atoms with van der Waals surface area (Å²) in [4.78, 5) is 14.4. The summed E-state index contributed by atoms with van der Waals surface area (Å²) in [5.74, 6) is 0. The fourth-order valence-corrected chi connectivity index (χ4v) is 5.70. The monoisotopic (exact) mass is 396 g/mol. The molecule has 0 amide bonds. The van der Waals surface area contributed by atoms with Crippen molar-refractivity contribution in [3.05, 3.63) is 95.6 Å². The summed E-state index contributed by atoms with van der Waals surface area (Å²) in [6, 6.07) is 19.6. The lowest BCUT2D eigenvalue weighted by Gasteiger charge is -2.09. The van der Waals surface area contributed by atoms with Crippen LogP contribution in [0.25, 0.3) is 49.8 Å². The second-order valence-corrected chi connectivity index (χ2v) is 8.50. The van der Waals surface area contributed by atoms with E-state index in [0.29, 0.717) is 0 Å². The fourth-order valence-electron chi connectivity index (χ4n) is 5.70. The van der Waals surface area contributed by atoms with E-state index in [2.05, 4.69) is 57.9 Å². The molecule has 0 atom stereocenters. The summed E-state index contributed by atoms with van der Waals surface area (Å²) in [6.07, 6.45) is 7.51. The quantitative estimate of drug-likeness (QED) is 0.315. The summed E-state index contributed by atoms with van der Waals surface area (Å²) < 4.78 is 2.27. The number of benzene rings is 2. The molecule has 6 aromatic rings. The molecule has 0 saturated heterocycles. The van der Waals surface area contributed by atoms with Gasteiger partial charge in [-0.1, -0.05) is 36.4 Å². The Morgan fingerprint density at radius 3 is 2.68 bits per heavy atom. The van der Waals surface area contributed by atoms with Gasteiger partial charge in [-0.15, -0.1) is 0 Å². The van der Waals surface area contributed by atoms with Gasteiger partial charge in [0.25, 0.3) is 0 Å². The number of fused-ring (bicyclic) bond motifs is 14. The molecule has 144 valence electrons. The van der Waals surface area contributed by atoms with Crippen LogP contribution in [0.5, 0.6) is 0 Å². The third-order valence-electron chi connectivity index (χ3n) is 6.99. The van der Waals surface area contributed by atoms with Crippen LogP contribution in [0.1, 0.15) is 22.4 Å². The van der Waals surface area contributed by atoms with Crippen molar-refractivity contribution >= 4 is 27.5 Å². The Labute approximate surface area is 177 Å². The highest BCUT2D eigenvalue weighted by Crippen LogP contribution is 2.48. The van der Waals surface area contributed by atoms with E-state index in [1.54, 1.807) is 0 Å². The molecule has 4 aromatic heterocycles. The van der Waals surface area contributed by atoms with Gasteiger partial charge in [0.1, 0.15) is 11.3 Å². The van der Waals surface area contributed by atoms with Crippen molar-refractivity contribution in [2.45, 2.75) is 12.8 Å². The fraction of sp³-hybridized carbons (Fsp3) is 0.0741. The third-order valence-corrected chi connectivity index (χ3v) is 6.99. The Morgan fingerprint density at radius 2 is 1.68 bits per heavy atom. The van der Waals surface area contributed by atoms with E-state index >= 15 is 0 Å². The van der Waals surface area contributed by atoms with Crippen molar-refractivity contribution in [1.82, 2.24) is 19.4 Å². The first-order valence-corrected chi connectivity index (χ1v) is 10.6. The lowest BCUT2D eigenvalue weighted by atomic mass is 9.97. The van der Waals surface area contributed by atoms with Crippen molar-refractivity contribution in [2.75, 3.05) is 0 Å². The maximum Gasteiger partial charge on any atom is 0.148 e. The zero-order valence-corrected chi connectivity index (χ0v) is 16.6. The number of nitrogens with zero attached hydrogens (tertiary/aromatic N) is 4. The minimum atomic E-state index is 0.882. The Hall–Kier alpha value is -4.05. The number of rotatable bonds is 0. The Morgan fingerprint density at radius 1 is 0.710 bits per heavy atom. The van der Waals surface area contributed by atoms with Crippen LogP contribution in [0, 0.1) is 0 Å². The Kier molecular flexibility index (Phi) is 2.72. The van der Waals surface area contributed by atoms with Gasteiger partial charge in [0.2, 0.25) is 0 Å². The van der Waals surface area contributed by atoms with Gasteiger partial charge in [-0.25, -0.2) is 9.97 Å². The summed E-state index contributed by atoms with van der Waals surface area (Å²) >= 11 is 0. The van der Waals surface area contributed by atoms with Crippen LogP contribution < -0.4 is 0 Å². The largest absolute Gasteiger partial charge is 0.279 e. The van der Waals surface area contributed by atoms with Gasteiger partial charge in [-0.05, 0) is 57.8 Å². The van der Waals surface area contributed by atoms with Gasteiger partial charge < -0.3 is 0 Å². The van der Waals surface area contributed by atoms with Crippen molar-refractivity contribution in [2.24, 2.45) is 0 Å². The van der Waals surface area contributed by atoms with Gasteiger partial charge in [-0.3, -0.25) is 9.38 Å². The highest BCUT2D eigenvalue weighted by Gasteiger charge is 2.32. The minimum absolute atomic E-state index is 0.882. The summed E-state index contributed by atoms with van der Waals surface area (Å²) in [7, 11) is 0. The van der Waals surface area contributed by atoms with Gasteiger partial charge in [-0.2, -0.15) is 0 Å². The molecule has 2 aliphatic carbocycles. The van der Waals surface area contributed by atoms with Gasteiger partial charge >= 0.3 is 0 Å². The maximum atomic E-state index is 5.24. The molecule has 4 nitrogen and oxygen atoms in total. The van der Waals surface area contributed by atoms with Crippen molar-refractivity contribution in [3.63, 3.8) is 0 Å². The molecule has 0 N–H and O–H groups in total. The first-order valence-electron chi connectivity index (χ1n) is 10.6. The van der Waals surface area contributed by atoms with Gasteiger partial charge in [0.05, 0.1) is 11.4 Å². The molecule has 0 radical (unpaired) electrons. The predicted molar refractivity (Wildman–Crippen MR) is 122 cm³/mol. The van der Waals surface area contributed by atoms with E-state index < -0.39 is 0 Å². The summed E-state index contributed by atoms with van der Waals surface area (Å²) in [6.45, 7) is 0. The standard InChI is InChI=1S/C27H16N4/c1-2-5-17-15(4-1)12-21-18(17)8-7-16-13-23-25(24(16)21)30-27-22-14-28-11-9-19(22)20-6-3-10-29-26(20)31(23)27/h1-11,14H,12-13H2. The molecule has 2 aromatic carbocycles. The predicted octanol–water partition coefficient (Wildman–Crippen LogP) is 5.57. The zero-order chi connectivity index (χ0) is 20.1. The number of hydrogen-bond donors (Lipinski definition) is 0. The van der Waals surface area contributed by atoms with Crippen LogP contribution in [0.15, 0.2) is 73.2 Å². The van der Waals surface area contributed by atoms with Crippen LogP contribution in [-0.4, -0.2) is 19.4 Å². The van der Waals surface area contributed by atoms with E-state index in [1.165, 1.54) is 39.1 Å². The first-order chi connectivity index (χ1) is 15.4. The average Bonchev–Trinajstić information content (AvgIpc) is 3.48. The Balaban J connectivity index is 1.52. The Bertz CT molecular complexity index is 1740. The van der Waals surface area contributed by atoms with E-state index in [0.717, 1.165) is 46.0 Å². The number of imidazole rings is 1. The van der Waals surface area contributed by atoms with Crippen LogP contribution in [-0.2, 0) is 12.8 Å². The third kappa shape index (κ3) is 1.84. The molecule has 4 heterocycles. The first kappa shape index (κ1) is 15.7. The second kappa shape index (κ2) is 5.35. The van der Waals surface area contributed by atoms with Crippen LogP contribution in [0.4, 0.5) is 0 Å². The highest BCUT2D eigenvalue weighted by atomic mass is 15.1. The molecule has 31 heavy (non-hydrogen) atoms. The minimum Gasteiger partial charge on any atom is -0.279 e. The number of aromatic nitrogens is 4. The SMILES string of the molecule is c1ccc2c(c1)Cc1c-2ccc2c1-c1nc3c4cnccc4c4cccnc4n3c1C2. The van der Waals surface area contributed by atoms with Crippen LogP contribution in [0.3, 0.4) is 0 Å². The van der Waals surface area contributed by atoms with Gasteiger partial charge in [0, 0.05) is 41.3 Å². The molecular formula is C27H16N4. The smallest absolute Gasteiger partial charge is 0.148 e. The summed E-state index contributed by atoms with van der Waals surface area (Å²) in [5.41, 5.74) is 12.5. The van der Waals surface area contributed by atoms with E-state index in [4.69, 9.17) is 9.97 Å². The maximum absolute atomic E-state index is 5.24. The normalized spacial score (nSPS) is 13.5. The lowest BCUT2D eigenvalue weighted by molar-refractivity contribution is 1.07. The molecular weight excluding hydrogens is 380 g/mol. The van der Waals surface area contributed by atoms with Crippen molar-refractivity contribution in [1.29, 1.82) is 0 Å². The molecule has 4 heteroatoms. The summed E-state index contributed by atoms with van der Waals surface area (Å²) in [5, 5.41) is 3.37. The second-order valence-electron chi connectivity index (χ2n) is 8.50. The van der Waals surface area contributed by atoms with Crippen molar-refractivity contribution in [3.8, 4) is 22.4 Å². The molecule has 0 unspecified atom stereocenters. The number of pyridine rings is 3. The van der Waals surface area contributed by atoms with Crippen LogP contribution >= 0.6 is 0 Å². The van der Waals surface area contributed by atoms with E-state index in [-0.39, 0.29) is 0 Å². The molecule has 8 rings (SSSR count). The van der Waals surface area contributed by atoms with Crippen molar-refractivity contribution < 1.29 is 0 Å². The lowest BCUT2D eigenvalue weighted by Crippen LogP contribution is -1.98. The van der Waals surface area contributed by atoms with E-state index in [1.807, 2.05) is 24.7 Å². The molecule has 0 saturated carbocycles. The number of hydrogen-bond acceptors (Lipinski definition) is 3. The molecule has 2 aliphatic rings. The highest BCUT2D eigenvalue weighted by molar-refractivity contribution is 6.11. The average molecular weight is 396 g/mol. The van der Waals surface area contributed by atoms with E-state index in [9.17, 15) is 0 Å². The molecule has 0 spiro atoms. The zero-order valence-electron chi connectivity index (χ0n) is 16.6. The molecule has 0 aliphatic heterocycles.